The SMILES string of the molecule is CCCCCCCCCCCCOc1ccc(C(=O)Oc2ccc(OCCCC3CCC(CCCCC)CC3)cc2)cc1Br. The van der Waals surface area contributed by atoms with Crippen LogP contribution in [0.15, 0.2) is 46.9 Å². The molecule has 1 saturated carbocycles. The summed E-state index contributed by atoms with van der Waals surface area (Å²) in [5.41, 5.74) is 0.485. The molecular formula is C39H59BrO4. The number of carbonyl (C=O) groups excluding carboxylic acids is 1. The zero-order valence-electron chi connectivity index (χ0n) is 27.8. The van der Waals surface area contributed by atoms with E-state index in [2.05, 4.69) is 29.8 Å². The molecule has 1 fully saturated rings. The van der Waals surface area contributed by atoms with Gasteiger partial charge in [-0.1, -0.05) is 123 Å². The molecule has 0 saturated heterocycles. The van der Waals surface area contributed by atoms with Crippen molar-refractivity contribution in [3.8, 4) is 17.2 Å². The van der Waals surface area contributed by atoms with Crippen LogP contribution in [0.5, 0.6) is 17.2 Å². The number of esters is 1. The monoisotopic (exact) mass is 670 g/mol. The van der Waals surface area contributed by atoms with Crippen molar-refractivity contribution in [3.05, 3.63) is 52.5 Å². The normalized spacial score (nSPS) is 16.5. The molecule has 4 nitrogen and oxygen atoms in total. The molecule has 0 aromatic heterocycles. The minimum Gasteiger partial charge on any atom is -0.494 e. The molecule has 0 aliphatic heterocycles. The van der Waals surface area contributed by atoms with Crippen molar-refractivity contribution in [1.82, 2.24) is 0 Å². The van der Waals surface area contributed by atoms with Crippen LogP contribution in [0.4, 0.5) is 0 Å². The lowest BCUT2D eigenvalue weighted by molar-refractivity contribution is 0.0734. The fourth-order valence-corrected chi connectivity index (χ4v) is 6.83. The highest BCUT2D eigenvalue weighted by Gasteiger charge is 2.20. The van der Waals surface area contributed by atoms with Gasteiger partial charge in [-0.25, -0.2) is 4.79 Å². The minimum absolute atomic E-state index is 0.388. The number of hydrogen-bond acceptors (Lipinski definition) is 4. The first-order valence-corrected chi connectivity index (χ1v) is 18.8. The maximum Gasteiger partial charge on any atom is 0.343 e. The summed E-state index contributed by atoms with van der Waals surface area (Å²) in [4.78, 5) is 12.8. The van der Waals surface area contributed by atoms with Gasteiger partial charge in [-0.05, 0) is 89.5 Å². The quantitative estimate of drug-likeness (QED) is 0.0670. The van der Waals surface area contributed by atoms with Crippen LogP contribution < -0.4 is 14.2 Å². The van der Waals surface area contributed by atoms with Crippen LogP contribution in [-0.2, 0) is 0 Å². The van der Waals surface area contributed by atoms with Crippen molar-refractivity contribution in [3.63, 3.8) is 0 Å². The zero-order chi connectivity index (χ0) is 31.2. The Labute approximate surface area is 277 Å². The molecule has 5 heteroatoms. The smallest absolute Gasteiger partial charge is 0.343 e. The van der Waals surface area contributed by atoms with Gasteiger partial charge in [-0.15, -0.1) is 0 Å². The van der Waals surface area contributed by atoms with Gasteiger partial charge in [-0.2, -0.15) is 0 Å². The standard InChI is InChI=1S/C39H59BrO4/c1-3-5-7-8-9-10-11-12-13-15-29-43-38-28-23-34(31-37(38)40)39(41)44-36-26-24-35(25-27-36)42-30-16-18-33-21-19-32(20-22-33)17-14-6-4-2/h23-28,31-33H,3-22,29-30H2,1-2H3. The van der Waals surface area contributed by atoms with Crippen molar-refractivity contribution in [2.45, 2.75) is 142 Å². The van der Waals surface area contributed by atoms with Gasteiger partial charge < -0.3 is 14.2 Å². The van der Waals surface area contributed by atoms with Gasteiger partial charge in [0, 0.05) is 0 Å². The van der Waals surface area contributed by atoms with Crippen LogP contribution in [0.1, 0.15) is 153 Å². The Kier molecular flexibility index (Phi) is 18.6. The third-order valence-corrected chi connectivity index (χ3v) is 9.78. The van der Waals surface area contributed by atoms with E-state index >= 15 is 0 Å². The van der Waals surface area contributed by atoms with E-state index in [4.69, 9.17) is 14.2 Å². The molecule has 0 heterocycles. The summed E-state index contributed by atoms with van der Waals surface area (Å²) in [5, 5.41) is 0. The maximum atomic E-state index is 12.8. The van der Waals surface area contributed by atoms with Crippen LogP contribution in [-0.4, -0.2) is 19.2 Å². The number of benzene rings is 2. The molecule has 0 unspecified atom stereocenters. The molecule has 1 aliphatic rings. The first-order valence-electron chi connectivity index (χ1n) is 18.0. The summed E-state index contributed by atoms with van der Waals surface area (Å²) in [6.45, 7) is 5.98. The average Bonchev–Trinajstić information content (AvgIpc) is 3.04. The average molecular weight is 672 g/mol. The lowest BCUT2D eigenvalue weighted by Gasteiger charge is -2.28. The summed E-state index contributed by atoms with van der Waals surface area (Å²) >= 11 is 3.56. The highest BCUT2D eigenvalue weighted by Crippen LogP contribution is 2.34. The van der Waals surface area contributed by atoms with Crippen molar-refractivity contribution in [2.75, 3.05) is 13.2 Å². The Morgan fingerprint density at radius 2 is 1.16 bits per heavy atom. The van der Waals surface area contributed by atoms with Gasteiger partial charge in [-0.3, -0.25) is 0 Å². The van der Waals surface area contributed by atoms with E-state index < -0.39 is 0 Å². The summed E-state index contributed by atoms with van der Waals surface area (Å²) in [6.07, 6.45) is 26.6. The summed E-state index contributed by atoms with van der Waals surface area (Å²) in [6, 6.07) is 12.7. The highest BCUT2D eigenvalue weighted by molar-refractivity contribution is 9.10. The number of halogens is 1. The Hall–Kier alpha value is -2.01. The van der Waals surface area contributed by atoms with Crippen LogP contribution in [0, 0.1) is 11.8 Å². The van der Waals surface area contributed by atoms with Crippen LogP contribution in [0.3, 0.4) is 0 Å². The van der Waals surface area contributed by atoms with E-state index in [9.17, 15) is 4.79 Å². The van der Waals surface area contributed by atoms with Gasteiger partial charge in [0.2, 0.25) is 0 Å². The second kappa shape index (κ2) is 22.5. The maximum absolute atomic E-state index is 12.8. The van der Waals surface area contributed by atoms with E-state index in [0.29, 0.717) is 17.9 Å². The second-order valence-corrected chi connectivity index (χ2v) is 13.8. The topological polar surface area (TPSA) is 44.8 Å². The predicted molar refractivity (Wildman–Crippen MR) is 187 cm³/mol. The molecule has 0 bridgehead atoms. The summed E-state index contributed by atoms with van der Waals surface area (Å²) in [5.74, 6) is 3.54. The number of unbranched alkanes of at least 4 members (excludes halogenated alkanes) is 11. The molecule has 0 amide bonds. The van der Waals surface area contributed by atoms with Crippen LogP contribution in [0.2, 0.25) is 0 Å². The molecule has 0 spiro atoms. The van der Waals surface area contributed by atoms with Crippen LogP contribution >= 0.6 is 15.9 Å². The lowest BCUT2D eigenvalue weighted by atomic mass is 9.78. The van der Waals surface area contributed by atoms with Gasteiger partial charge in [0.05, 0.1) is 23.2 Å². The van der Waals surface area contributed by atoms with Gasteiger partial charge in [0.15, 0.2) is 0 Å². The Balaban J connectivity index is 1.26. The number of hydrogen-bond donors (Lipinski definition) is 0. The molecule has 0 atom stereocenters. The van der Waals surface area contributed by atoms with E-state index in [0.717, 1.165) is 47.3 Å². The molecular weight excluding hydrogens is 612 g/mol. The molecule has 246 valence electrons. The molecule has 2 aromatic rings. The van der Waals surface area contributed by atoms with Crippen LogP contribution in [0.25, 0.3) is 0 Å². The highest BCUT2D eigenvalue weighted by atomic mass is 79.9. The second-order valence-electron chi connectivity index (χ2n) is 12.9. The summed E-state index contributed by atoms with van der Waals surface area (Å²) in [7, 11) is 0. The van der Waals surface area contributed by atoms with Gasteiger partial charge in [0.25, 0.3) is 0 Å². The minimum atomic E-state index is -0.388. The largest absolute Gasteiger partial charge is 0.494 e. The molecule has 2 aromatic carbocycles. The van der Waals surface area contributed by atoms with E-state index in [1.807, 2.05) is 18.2 Å². The summed E-state index contributed by atoms with van der Waals surface area (Å²) < 4.78 is 18.3. The van der Waals surface area contributed by atoms with Crippen molar-refractivity contribution in [2.24, 2.45) is 11.8 Å². The van der Waals surface area contributed by atoms with Crippen molar-refractivity contribution in [1.29, 1.82) is 0 Å². The molecule has 1 aliphatic carbocycles. The molecule has 0 N–H and O–H groups in total. The Morgan fingerprint density at radius 3 is 1.77 bits per heavy atom. The zero-order valence-corrected chi connectivity index (χ0v) is 29.3. The fourth-order valence-electron chi connectivity index (χ4n) is 6.34. The van der Waals surface area contributed by atoms with E-state index in [1.54, 1.807) is 24.3 Å². The lowest BCUT2D eigenvalue weighted by Crippen LogP contribution is -2.15. The fraction of sp³-hybridized carbons (Fsp3) is 0.667. The number of carbonyl (C=O) groups is 1. The third kappa shape index (κ3) is 14.8. The third-order valence-electron chi connectivity index (χ3n) is 9.17. The predicted octanol–water partition coefficient (Wildman–Crippen LogP) is 12.5. The number of ether oxygens (including phenoxy) is 3. The molecule has 44 heavy (non-hydrogen) atoms. The van der Waals surface area contributed by atoms with E-state index in [1.165, 1.54) is 116 Å². The first-order chi connectivity index (χ1) is 21.6. The molecule has 3 rings (SSSR count). The van der Waals surface area contributed by atoms with Gasteiger partial charge in [0.1, 0.15) is 17.2 Å². The molecule has 0 radical (unpaired) electrons. The van der Waals surface area contributed by atoms with Crippen molar-refractivity contribution < 1.29 is 19.0 Å². The van der Waals surface area contributed by atoms with E-state index in [-0.39, 0.29) is 5.97 Å². The Bertz CT molecular complexity index is 1030. The number of rotatable bonds is 23. The first kappa shape index (κ1) is 36.5. The van der Waals surface area contributed by atoms with Crippen molar-refractivity contribution >= 4 is 21.9 Å². The Morgan fingerprint density at radius 1 is 0.636 bits per heavy atom. The van der Waals surface area contributed by atoms with Gasteiger partial charge >= 0.3 is 5.97 Å².